The van der Waals surface area contributed by atoms with E-state index >= 15 is 0 Å². The van der Waals surface area contributed by atoms with Crippen molar-refractivity contribution in [3.63, 3.8) is 0 Å². The fraction of sp³-hybridized carbons (Fsp3) is 0.286. The summed E-state index contributed by atoms with van der Waals surface area (Å²) in [6, 6.07) is 1.41. The van der Waals surface area contributed by atoms with Crippen LogP contribution >= 0.6 is 15.9 Å². The van der Waals surface area contributed by atoms with Crippen molar-refractivity contribution in [1.29, 1.82) is 0 Å². The van der Waals surface area contributed by atoms with Crippen molar-refractivity contribution in [2.24, 2.45) is 0 Å². The second-order valence-electron chi connectivity index (χ2n) is 1.94. The largest absolute Gasteiger partial charge is 0.479 e. The van der Waals surface area contributed by atoms with Crippen LogP contribution in [0.2, 0.25) is 0 Å². The second kappa shape index (κ2) is 3.57. The lowest BCUT2D eigenvalue weighted by Crippen LogP contribution is -2.03. The third-order valence-corrected chi connectivity index (χ3v) is 1.76. The number of hydrogen-bond acceptors (Lipinski definition) is 2. The molecule has 0 saturated heterocycles. The van der Waals surface area contributed by atoms with Gasteiger partial charge in [-0.05, 0) is 22.9 Å². The summed E-state index contributed by atoms with van der Waals surface area (Å²) < 4.78 is 5.58. The normalized spacial score (nSPS) is 9.64. The molecule has 3 nitrogen and oxygen atoms in total. The predicted molar refractivity (Wildman–Crippen MR) is 45.9 cm³/mol. The van der Waals surface area contributed by atoms with Crippen LogP contribution in [0.3, 0.4) is 0 Å². The van der Waals surface area contributed by atoms with Crippen molar-refractivity contribution in [2.75, 3.05) is 6.61 Å². The third-order valence-electron chi connectivity index (χ3n) is 1.14. The number of H-pyrrole nitrogens is 1. The summed E-state index contributed by atoms with van der Waals surface area (Å²) in [7, 11) is 0. The number of hydrogen-bond donors (Lipinski definition) is 1. The molecule has 60 valence electrons. The molecule has 0 aromatic carbocycles. The maximum Gasteiger partial charge on any atom is 0.199 e. The SMILES string of the molecule is CCOc1cc(=O)c(Br)c[nH]1. The first-order valence-electron chi connectivity index (χ1n) is 3.25. The maximum atomic E-state index is 11.0. The van der Waals surface area contributed by atoms with Crippen molar-refractivity contribution >= 4 is 15.9 Å². The molecule has 0 saturated carbocycles. The fourth-order valence-corrected chi connectivity index (χ4v) is 0.903. The van der Waals surface area contributed by atoms with Crippen LogP contribution in [0.1, 0.15) is 6.92 Å². The van der Waals surface area contributed by atoms with Gasteiger partial charge in [0, 0.05) is 12.3 Å². The average Bonchev–Trinajstić information content (AvgIpc) is 1.98. The number of rotatable bonds is 2. The molecule has 1 heterocycles. The van der Waals surface area contributed by atoms with Crippen LogP contribution in [-0.2, 0) is 0 Å². The van der Waals surface area contributed by atoms with Crippen LogP contribution in [0.25, 0.3) is 0 Å². The first kappa shape index (κ1) is 8.33. The molecular weight excluding hydrogens is 210 g/mol. The molecule has 0 bridgehead atoms. The Labute approximate surface area is 72.5 Å². The molecule has 1 aromatic rings. The van der Waals surface area contributed by atoms with E-state index in [1.54, 1.807) is 6.20 Å². The summed E-state index contributed by atoms with van der Waals surface area (Å²) in [5, 5.41) is 0. The standard InChI is InChI=1S/C7H8BrNO2/c1-2-11-7-3-6(10)5(8)4-9-7/h3-4H,2H2,1H3,(H,9,10). The first-order valence-corrected chi connectivity index (χ1v) is 4.04. The summed E-state index contributed by atoms with van der Waals surface area (Å²) >= 11 is 3.08. The molecular formula is C7H8BrNO2. The summed E-state index contributed by atoms with van der Waals surface area (Å²) in [6.07, 6.45) is 1.56. The Morgan fingerprint density at radius 3 is 3.00 bits per heavy atom. The van der Waals surface area contributed by atoms with Gasteiger partial charge in [-0.15, -0.1) is 0 Å². The van der Waals surface area contributed by atoms with E-state index in [0.29, 0.717) is 17.0 Å². The highest BCUT2D eigenvalue weighted by molar-refractivity contribution is 9.10. The zero-order valence-corrected chi connectivity index (χ0v) is 7.64. The van der Waals surface area contributed by atoms with Gasteiger partial charge in [0.1, 0.15) is 0 Å². The van der Waals surface area contributed by atoms with Gasteiger partial charge in [0.2, 0.25) is 0 Å². The van der Waals surface area contributed by atoms with E-state index in [4.69, 9.17) is 4.74 Å². The van der Waals surface area contributed by atoms with E-state index in [0.717, 1.165) is 0 Å². The van der Waals surface area contributed by atoms with E-state index < -0.39 is 0 Å². The molecule has 0 aliphatic carbocycles. The Morgan fingerprint density at radius 2 is 2.45 bits per heavy atom. The summed E-state index contributed by atoms with van der Waals surface area (Å²) in [5.41, 5.74) is -0.0767. The van der Waals surface area contributed by atoms with Gasteiger partial charge < -0.3 is 9.72 Å². The molecule has 0 fully saturated rings. The van der Waals surface area contributed by atoms with Gasteiger partial charge in [0.15, 0.2) is 11.3 Å². The number of aromatic amines is 1. The Hall–Kier alpha value is -0.770. The van der Waals surface area contributed by atoms with Gasteiger partial charge in [-0.2, -0.15) is 0 Å². The van der Waals surface area contributed by atoms with Gasteiger partial charge >= 0.3 is 0 Å². The van der Waals surface area contributed by atoms with Gasteiger partial charge in [-0.25, -0.2) is 0 Å². The minimum Gasteiger partial charge on any atom is -0.479 e. The summed E-state index contributed by atoms with van der Waals surface area (Å²) in [6.45, 7) is 2.41. The number of halogens is 1. The second-order valence-corrected chi connectivity index (χ2v) is 2.80. The lowest BCUT2D eigenvalue weighted by atomic mass is 10.5. The molecule has 0 aliphatic heterocycles. The van der Waals surface area contributed by atoms with Crippen molar-refractivity contribution < 1.29 is 4.74 Å². The van der Waals surface area contributed by atoms with E-state index in [9.17, 15) is 4.79 Å². The van der Waals surface area contributed by atoms with Gasteiger partial charge in [0.25, 0.3) is 0 Å². The van der Waals surface area contributed by atoms with Crippen LogP contribution in [-0.4, -0.2) is 11.6 Å². The van der Waals surface area contributed by atoms with Gasteiger partial charge in [-0.3, -0.25) is 4.79 Å². The van der Waals surface area contributed by atoms with Gasteiger partial charge in [-0.1, -0.05) is 0 Å². The molecule has 0 atom stereocenters. The Bertz CT molecular complexity index is 295. The Kier molecular flexibility index (Phi) is 2.70. The molecule has 11 heavy (non-hydrogen) atoms. The van der Waals surface area contributed by atoms with E-state index in [1.807, 2.05) is 6.92 Å². The van der Waals surface area contributed by atoms with E-state index in [-0.39, 0.29) is 5.43 Å². The van der Waals surface area contributed by atoms with Crippen LogP contribution < -0.4 is 10.2 Å². The van der Waals surface area contributed by atoms with Crippen LogP contribution in [0.5, 0.6) is 5.88 Å². The average molecular weight is 218 g/mol. The molecule has 0 unspecified atom stereocenters. The first-order chi connectivity index (χ1) is 5.24. The molecule has 1 rings (SSSR count). The van der Waals surface area contributed by atoms with Crippen LogP contribution in [0, 0.1) is 0 Å². The van der Waals surface area contributed by atoms with Gasteiger partial charge in [0.05, 0.1) is 11.1 Å². The Balaban J connectivity index is 2.96. The van der Waals surface area contributed by atoms with E-state index in [2.05, 4.69) is 20.9 Å². The predicted octanol–water partition coefficient (Wildman–Crippen LogP) is 1.54. The molecule has 0 aliphatic rings. The topological polar surface area (TPSA) is 42.1 Å². The quantitative estimate of drug-likeness (QED) is 0.817. The third kappa shape index (κ3) is 2.08. The molecule has 1 aromatic heterocycles. The zero-order chi connectivity index (χ0) is 8.27. The van der Waals surface area contributed by atoms with E-state index in [1.165, 1.54) is 6.07 Å². The monoisotopic (exact) mass is 217 g/mol. The minimum absolute atomic E-state index is 0.0767. The summed E-state index contributed by atoms with van der Waals surface area (Å²) in [4.78, 5) is 13.8. The van der Waals surface area contributed by atoms with Crippen molar-refractivity contribution in [3.8, 4) is 5.88 Å². The maximum absolute atomic E-state index is 11.0. The molecule has 0 amide bonds. The molecule has 1 N–H and O–H groups in total. The highest BCUT2D eigenvalue weighted by Gasteiger charge is 1.96. The summed E-state index contributed by atoms with van der Waals surface area (Å²) in [5.74, 6) is 0.501. The molecule has 0 spiro atoms. The lowest BCUT2D eigenvalue weighted by molar-refractivity contribution is 0.326. The highest BCUT2D eigenvalue weighted by Crippen LogP contribution is 2.05. The van der Waals surface area contributed by atoms with Crippen molar-refractivity contribution in [3.05, 3.63) is 27.0 Å². The molecule has 4 heteroatoms. The van der Waals surface area contributed by atoms with Crippen LogP contribution in [0.4, 0.5) is 0 Å². The van der Waals surface area contributed by atoms with Crippen LogP contribution in [0.15, 0.2) is 21.5 Å². The number of pyridine rings is 1. The lowest BCUT2D eigenvalue weighted by Gasteiger charge is -2.00. The highest BCUT2D eigenvalue weighted by atomic mass is 79.9. The zero-order valence-electron chi connectivity index (χ0n) is 6.06. The minimum atomic E-state index is -0.0767. The number of nitrogens with one attached hydrogen (secondary N) is 1. The smallest absolute Gasteiger partial charge is 0.199 e. The molecule has 0 radical (unpaired) electrons. The fourth-order valence-electron chi connectivity index (χ4n) is 0.674. The Morgan fingerprint density at radius 1 is 1.73 bits per heavy atom. The number of aromatic nitrogens is 1. The number of ether oxygens (including phenoxy) is 1. The van der Waals surface area contributed by atoms with Crippen molar-refractivity contribution in [1.82, 2.24) is 4.98 Å². The van der Waals surface area contributed by atoms with Crippen molar-refractivity contribution in [2.45, 2.75) is 6.92 Å².